The van der Waals surface area contributed by atoms with Crippen molar-refractivity contribution < 1.29 is 18.0 Å². The number of carbonyl (C=O) groups excluding carboxylic acids is 2. The van der Waals surface area contributed by atoms with Gasteiger partial charge in [0.15, 0.2) is 0 Å². The molecule has 2 amide bonds. The predicted molar refractivity (Wildman–Crippen MR) is 125 cm³/mol. The van der Waals surface area contributed by atoms with Crippen molar-refractivity contribution >= 4 is 39.3 Å². The third-order valence-electron chi connectivity index (χ3n) is 5.15. The zero-order valence-electron chi connectivity index (χ0n) is 18.3. The average Bonchev–Trinajstić information content (AvgIpc) is 2.79. The fourth-order valence-corrected chi connectivity index (χ4v) is 5.49. The van der Waals surface area contributed by atoms with Crippen LogP contribution in [-0.2, 0) is 19.6 Å². The van der Waals surface area contributed by atoms with Gasteiger partial charge in [-0.25, -0.2) is 13.4 Å². The van der Waals surface area contributed by atoms with E-state index in [0.717, 1.165) is 24.8 Å². The molecule has 8 nitrogen and oxygen atoms in total. The van der Waals surface area contributed by atoms with Gasteiger partial charge in [-0.05, 0) is 44.0 Å². The van der Waals surface area contributed by atoms with E-state index in [1.807, 2.05) is 31.2 Å². The molecule has 1 aliphatic heterocycles. The Hall–Kier alpha value is -2.43. The largest absolute Gasteiger partial charge is 0.336 e. The Morgan fingerprint density at radius 1 is 1.09 bits per heavy atom. The van der Waals surface area contributed by atoms with Crippen LogP contribution in [0.3, 0.4) is 0 Å². The Labute approximate surface area is 193 Å². The van der Waals surface area contributed by atoms with E-state index in [4.69, 9.17) is 0 Å². The fraction of sp³-hybridized carbons (Fsp3) is 0.409. The summed E-state index contributed by atoms with van der Waals surface area (Å²) in [5, 5.41) is 3.31. The first kappa shape index (κ1) is 24.2. The van der Waals surface area contributed by atoms with Gasteiger partial charge >= 0.3 is 0 Å². The van der Waals surface area contributed by atoms with Crippen molar-refractivity contribution in [3.63, 3.8) is 0 Å². The first-order valence-electron chi connectivity index (χ1n) is 10.5. The van der Waals surface area contributed by atoms with E-state index in [-0.39, 0.29) is 29.0 Å². The third-order valence-corrected chi connectivity index (χ3v) is 7.96. The van der Waals surface area contributed by atoms with Crippen LogP contribution in [0.15, 0.2) is 52.5 Å². The van der Waals surface area contributed by atoms with Crippen molar-refractivity contribution in [1.29, 1.82) is 0 Å². The number of aromatic nitrogens is 1. The summed E-state index contributed by atoms with van der Waals surface area (Å²) < 4.78 is 26.9. The SMILES string of the molecule is Cc1ccc(NC(=O)CN(C)C(=O)CSc2ccc(S(=O)(=O)N3CCCCC3)cn2)cc1. The van der Waals surface area contributed by atoms with Gasteiger partial charge in [-0.3, -0.25) is 9.59 Å². The zero-order valence-corrected chi connectivity index (χ0v) is 19.9. The summed E-state index contributed by atoms with van der Waals surface area (Å²) in [5.74, 6) is -0.402. The van der Waals surface area contributed by atoms with Crippen LogP contribution in [-0.4, -0.2) is 66.9 Å². The molecule has 0 unspecified atom stereocenters. The number of hydrogen-bond donors (Lipinski definition) is 1. The zero-order chi connectivity index (χ0) is 23.1. The van der Waals surface area contributed by atoms with Crippen LogP contribution in [0.4, 0.5) is 5.69 Å². The van der Waals surface area contributed by atoms with Crippen LogP contribution < -0.4 is 5.32 Å². The van der Waals surface area contributed by atoms with Gasteiger partial charge in [0.05, 0.1) is 17.3 Å². The molecule has 1 aromatic heterocycles. The lowest BCUT2D eigenvalue weighted by Crippen LogP contribution is -2.36. The molecule has 0 saturated carbocycles. The molecule has 0 atom stereocenters. The Bertz CT molecular complexity index is 1030. The predicted octanol–water partition coefficient (Wildman–Crippen LogP) is 2.75. The van der Waals surface area contributed by atoms with E-state index in [2.05, 4.69) is 10.3 Å². The van der Waals surface area contributed by atoms with E-state index in [0.29, 0.717) is 23.8 Å². The minimum absolute atomic E-state index is 0.0618. The van der Waals surface area contributed by atoms with Gasteiger partial charge in [-0.2, -0.15) is 4.31 Å². The summed E-state index contributed by atoms with van der Waals surface area (Å²) in [5.41, 5.74) is 1.78. The maximum absolute atomic E-state index is 12.7. The molecule has 1 saturated heterocycles. The summed E-state index contributed by atoms with van der Waals surface area (Å²) >= 11 is 1.20. The highest BCUT2D eigenvalue weighted by Crippen LogP contribution is 2.22. The van der Waals surface area contributed by atoms with Crippen LogP contribution in [0.1, 0.15) is 24.8 Å². The fourth-order valence-electron chi connectivity index (χ4n) is 3.25. The molecule has 0 radical (unpaired) electrons. The van der Waals surface area contributed by atoms with Gasteiger partial charge in [0.2, 0.25) is 21.8 Å². The van der Waals surface area contributed by atoms with E-state index < -0.39 is 10.0 Å². The van der Waals surface area contributed by atoms with Crippen LogP contribution >= 0.6 is 11.8 Å². The van der Waals surface area contributed by atoms with Crippen molar-refractivity contribution in [2.45, 2.75) is 36.1 Å². The Morgan fingerprint density at radius 3 is 2.41 bits per heavy atom. The number of hydrogen-bond acceptors (Lipinski definition) is 6. The second kappa shape index (κ2) is 10.9. The number of anilines is 1. The molecule has 1 aliphatic rings. The minimum Gasteiger partial charge on any atom is -0.336 e. The molecular weight excluding hydrogens is 448 g/mol. The summed E-state index contributed by atoms with van der Waals surface area (Å²) in [4.78, 5) is 30.3. The quantitative estimate of drug-likeness (QED) is 0.588. The summed E-state index contributed by atoms with van der Waals surface area (Å²) in [6, 6.07) is 10.6. The van der Waals surface area contributed by atoms with Gasteiger partial charge < -0.3 is 10.2 Å². The van der Waals surface area contributed by atoms with Gasteiger partial charge in [0.25, 0.3) is 0 Å². The van der Waals surface area contributed by atoms with Crippen molar-refractivity contribution in [2.24, 2.45) is 0 Å². The third kappa shape index (κ3) is 6.54. The molecule has 0 bridgehead atoms. The number of amides is 2. The Balaban J connectivity index is 1.48. The Kier molecular flexibility index (Phi) is 8.27. The molecule has 0 spiro atoms. The second-order valence-corrected chi connectivity index (χ2v) is 10.7. The standard InChI is InChI=1S/C22H28N4O4S2/c1-17-6-8-18(9-7-17)24-20(27)15-25(2)22(28)16-31-21-11-10-19(14-23-21)32(29,30)26-12-4-3-5-13-26/h6-11,14H,3-5,12-13,15-16H2,1-2H3,(H,24,27). The maximum atomic E-state index is 12.7. The van der Waals surface area contributed by atoms with Crippen LogP contribution in [0.25, 0.3) is 0 Å². The van der Waals surface area contributed by atoms with Gasteiger partial charge in [0, 0.05) is 32.0 Å². The number of carbonyl (C=O) groups is 2. The van der Waals surface area contributed by atoms with E-state index >= 15 is 0 Å². The molecule has 32 heavy (non-hydrogen) atoms. The molecule has 2 aromatic rings. The first-order chi connectivity index (χ1) is 15.3. The Morgan fingerprint density at radius 2 is 1.78 bits per heavy atom. The number of rotatable bonds is 8. The van der Waals surface area contributed by atoms with Gasteiger partial charge in [-0.1, -0.05) is 35.9 Å². The molecule has 3 rings (SSSR count). The number of sulfonamides is 1. The molecule has 2 heterocycles. The topological polar surface area (TPSA) is 99.7 Å². The molecule has 1 N–H and O–H groups in total. The van der Waals surface area contributed by atoms with E-state index in [1.54, 1.807) is 13.1 Å². The van der Waals surface area contributed by atoms with Crippen molar-refractivity contribution in [2.75, 3.05) is 37.8 Å². The number of aryl methyl sites for hydroxylation is 1. The van der Waals surface area contributed by atoms with E-state index in [9.17, 15) is 18.0 Å². The molecule has 172 valence electrons. The molecular formula is C22H28N4O4S2. The van der Waals surface area contributed by atoms with Crippen molar-refractivity contribution in [3.05, 3.63) is 48.2 Å². The number of pyridine rings is 1. The maximum Gasteiger partial charge on any atom is 0.244 e. The molecule has 0 aliphatic carbocycles. The number of nitrogens with one attached hydrogen (secondary N) is 1. The van der Waals surface area contributed by atoms with Crippen molar-refractivity contribution in [3.8, 4) is 0 Å². The first-order valence-corrected chi connectivity index (χ1v) is 12.9. The highest BCUT2D eigenvalue weighted by Gasteiger charge is 2.26. The number of benzene rings is 1. The van der Waals surface area contributed by atoms with Gasteiger partial charge in [-0.15, -0.1) is 0 Å². The minimum atomic E-state index is -3.52. The lowest BCUT2D eigenvalue weighted by molar-refractivity contribution is -0.131. The monoisotopic (exact) mass is 476 g/mol. The van der Waals surface area contributed by atoms with Crippen LogP contribution in [0, 0.1) is 6.92 Å². The molecule has 10 heteroatoms. The van der Waals surface area contributed by atoms with Crippen LogP contribution in [0.5, 0.6) is 0 Å². The summed E-state index contributed by atoms with van der Waals surface area (Å²) in [7, 11) is -1.95. The second-order valence-electron chi connectivity index (χ2n) is 7.75. The molecule has 1 aromatic carbocycles. The highest BCUT2D eigenvalue weighted by molar-refractivity contribution is 7.99. The number of piperidine rings is 1. The molecule has 1 fully saturated rings. The lowest BCUT2D eigenvalue weighted by atomic mass is 10.2. The summed E-state index contributed by atoms with van der Waals surface area (Å²) in [6.45, 7) is 2.98. The van der Waals surface area contributed by atoms with Crippen molar-refractivity contribution in [1.82, 2.24) is 14.2 Å². The lowest BCUT2D eigenvalue weighted by Gasteiger charge is -2.25. The van der Waals surface area contributed by atoms with E-state index in [1.165, 1.54) is 33.2 Å². The number of nitrogens with zero attached hydrogens (tertiary/aromatic N) is 3. The number of likely N-dealkylation sites (N-methyl/N-ethyl adjacent to an activating group) is 1. The normalized spacial score (nSPS) is 14.7. The highest BCUT2D eigenvalue weighted by atomic mass is 32.2. The number of thioether (sulfide) groups is 1. The van der Waals surface area contributed by atoms with Gasteiger partial charge in [0.1, 0.15) is 4.90 Å². The average molecular weight is 477 g/mol. The van der Waals surface area contributed by atoms with Crippen LogP contribution in [0.2, 0.25) is 0 Å². The smallest absolute Gasteiger partial charge is 0.244 e. The summed E-state index contributed by atoms with van der Waals surface area (Å²) in [6.07, 6.45) is 4.14.